The van der Waals surface area contributed by atoms with Gasteiger partial charge < -0.3 is 14.4 Å². The Hall–Kier alpha value is -3.07. The Morgan fingerprint density at radius 1 is 1.05 bits per heavy atom. The Morgan fingerprint density at radius 2 is 1.75 bits per heavy atom. The van der Waals surface area contributed by atoms with Crippen LogP contribution in [0.2, 0.25) is 0 Å². The van der Waals surface area contributed by atoms with Crippen molar-refractivity contribution in [3.05, 3.63) is 46.3 Å². The number of nitrogens with zero attached hydrogens (tertiary/aromatic N) is 1. The van der Waals surface area contributed by atoms with E-state index in [0.29, 0.717) is 12.5 Å². The number of allylic oxidation sites excluding steroid dienone is 7. The number of ketones is 1. The third-order valence-electron chi connectivity index (χ3n) is 13.0. The predicted molar refractivity (Wildman–Crippen MR) is 172 cm³/mol. The highest BCUT2D eigenvalue weighted by Gasteiger charge is 2.67. The molecule has 5 rings (SSSR count). The number of unbranched alkanes of at least 4 members (excludes halogenated alkanes) is 1. The molecule has 1 amide bonds. The average molecular weight is 602 g/mol. The van der Waals surface area contributed by atoms with Crippen molar-refractivity contribution in [2.45, 2.75) is 106 Å². The number of carbonyl (C=O) groups is 3. The normalized spacial score (nSPS) is 37.6. The smallest absolute Gasteiger partial charge is 0.415 e. The molecule has 0 unspecified atom stereocenters. The minimum atomic E-state index is -0.546. The summed E-state index contributed by atoms with van der Waals surface area (Å²) in [4.78, 5) is 41.2. The minimum Gasteiger partial charge on any atom is -0.452 e. The van der Waals surface area contributed by atoms with Gasteiger partial charge in [0.15, 0.2) is 12.4 Å². The molecule has 0 bridgehead atoms. The van der Waals surface area contributed by atoms with Crippen LogP contribution in [0.25, 0.3) is 0 Å². The van der Waals surface area contributed by atoms with Gasteiger partial charge in [0.1, 0.15) is 0 Å². The molecule has 0 radical (unpaired) electrons. The number of amides is 1. The van der Waals surface area contributed by atoms with Crippen LogP contribution in [-0.2, 0) is 19.1 Å². The van der Waals surface area contributed by atoms with Gasteiger partial charge >= 0.3 is 12.1 Å². The Labute approximate surface area is 264 Å². The van der Waals surface area contributed by atoms with Crippen molar-refractivity contribution < 1.29 is 23.9 Å². The Kier molecular flexibility index (Phi) is 8.13. The highest BCUT2D eigenvalue weighted by Crippen LogP contribution is 2.75. The zero-order chi connectivity index (χ0) is 32.3. The number of hydrogen-bond donors (Lipinski definition) is 0. The Balaban J connectivity index is 1.50. The molecule has 5 aliphatic carbocycles. The second-order valence-corrected chi connectivity index (χ2v) is 15.5. The zero-order valence-corrected chi connectivity index (χ0v) is 28.2. The standard InChI is InChI=1S/C38H51NO5/c1-10-12-21-39(9)33(42)44-31-25(3)26-13-14-29-36(6,27(26)23-28(31)40)18-20-38(8)30-24-35(5,32(41)43-22-11-2)16-15-34(30,4)17-19-37(29,38)7/h2,13-14,23,30H,10,12,15-22,24H2,1,3-9H3/t30-,34-,35-,36+,37-,38+/m1/s1. The fourth-order valence-corrected chi connectivity index (χ4v) is 9.69. The molecule has 0 spiro atoms. The van der Waals surface area contributed by atoms with Crippen LogP contribution >= 0.6 is 0 Å². The molecule has 0 N–H and O–H groups in total. The van der Waals surface area contributed by atoms with Gasteiger partial charge in [0.05, 0.1) is 5.41 Å². The van der Waals surface area contributed by atoms with Crippen LogP contribution in [0.3, 0.4) is 0 Å². The summed E-state index contributed by atoms with van der Waals surface area (Å²) in [6, 6.07) is 0. The van der Waals surface area contributed by atoms with Gasteiger partial charge in [0.25, 0.3) is 0 Å². The van der Waals surface area contributed by atoms with E-state index in [9.17, 15) is 14.4 Å². The first-order chi connectivity index (χ1) is 20.6. The van der Waals surface area contributed by atoms with Crippen molar-refractivity contribution in [1.29, 1.82) is 0 Å². The van der Waals surface area contributed by atoms with E-state index in [1.54, 1.807) is 13.1 Å². The molecule has 0 aliphatic heterocycles. The highest BCUT2D eigenvalue weighted by atomic mass is 16.6. The maximum Gasteiger partial charge on any atom is 0.415 e. The maximum atomic E-state index is 13.6. The molecular formula is C38H51NO5. The molecule has 0 aromatic heterocycles. The predicted octanol–water partition coefficient (Wildman–Crippen LogP) is 8.10. The van der Waals surface area contributed by atoms with E-state index in [1.807, 2.05) is 6.92 Å². The first kappa shape index (κ1) is 32.3. The monoisotopic (exact) mass is 601 g/mol. The highest BCUT2D eigenvalue weighted by molar-refractivity contribution is 6.08. The van der Waals surface area contributed by atoms with Gasteiger partial charge in [0, 0.05) is 24.6 Å². The van der Waals surface area contributed by atoms with Crippen molar-refractivity contribution in [2.24, 2.45) is 33.0 Å². The van der Waals surface area contributed by atoms with Gasteiger partial charge in [-0.05, 0) is 105 Å². The van der Waals surface area contributed by atoms with E-state index in [2.05, 4.69) is 59.6 Å². The average Bonchev–Trinajstić information content (AvgIpc) is 2.99. The van der Waals surface area contributed by atoms with Gasteiger partial charge in [-0.25, -0.2) is 4.79 Å². The molecular weight excluding hydrogens is 550 g/mol. The molecule has 5 aliphatic rings. The van der Waals surface area contributed by atoms with Gasteiger partial charge in [-0.1, -0.05) is 64.7 Å². The summed E-state index contributed by atoms with van der Waals surface area (Å²) in [5, 5.41) is 0. The van der Waals surface area contributed by atoms with Crippen molar-refractivity contribution in [2.75, 3.05) is 20.2 Å². The number of carbonyl (C=O) groups excluding carboxylic acids is 3. The fourth-order valence-electron chi connectivity index (χ4n) is 9.69. The minimum absolute atomic E-state index is 0.0173. The van der Waals surface area contributed by atoms with Gasteiger partial charge in [-0.3, -0.25) is 9.59 Å². The fraction of sp³-hybridized carbons (Fsp3) is 0.658. The number of terminal acetylenes is 1. The molecule has 0 saturated heterocycles. The molecule has 6 atom stereocenters. The molecule has 0 heterocycles. The Morgan fingerprint density at radius 3 is 2.43 bits per heavy atom. The summed E-state index contributed by atoms with van der Waals surface area (Å²) in [5.41, 5.74) is 3.32. The molecule has 6 heteroatoms. The lowest BCUT2D eigenvalue weighted by Crippen LogP contribution is -2.62. The molecule has 3 fully saturated rings. The van der Waals surface area contributed by atoms with E-state index < -0.39 is 11.5 Å². The van der Waals surface area contributed by atoms with Crippen LogP contribution in [0, 0.1) is 45.3 Å². The Bertz CT molecular complexity index is 1440. The maximum absolute atomic E-state index is 13.6. The quantitative estimate of drug-likeness (QED) is 0.227. The number of hydrogen-bond acceptors (Lipinski definition) is 5. The van der Waals surface area contributed by atoms with Crippen LogP contribution in [0.5, 0.6) is 0 Å². The lowest BCUT2D eigenvalue weighted by molar-refractivity contribution is -0.181. The van der Waals surface area contributed by atoms with E-state index >= 15 is 0 Å². The lowest BCUT2D eigenvalue weighted by atomic mass is 9.34. The van der Waals surface area contributed by atoms with Crippen molar-refractivity contribution in [3.8, 4) is 12.3 Å². The van der Waals surface area contributed by atoms with Crippen LogP contribution in [0.1, 0.15) is 106 Å². The number of rotatable bonds is 6. The molecule has 238 valence electrons. The molecule has 3 saturated carbocycles. The van der Waals surface area contributed by atoms with E-state index in [1.165, 1.54) is 10.5 Å². The lowest BCUT2D eigenvalue weighted by Gasteiger charge is -2.70. The van der Waals surface area contributed by atoms with Crippen LogP contribution in [0.4, 0.5) is 4.79 Å². The number of esters is 1. The summed E-state index contributed by atoms with van der Waals surface area (Å²) in [5.74, 6) is 2.53. The van der Waals surface area contributed by atoms with Crippen LogP contribution in [-0.4, -0.2) is 42.9 Å². The first-order valence-corrected chi connectivity index (χ1v) is 16.5. The first-order valence-electron chi connectivity index (χ1n) is 16.5. The summed E-state index contributed by atoms with van der Waals surface area (Å²) in [6.07, 6.45) is 19.7. The number of fused-ring (bicyclic) bond motifs is 7. The van der Waals surface area contributed by atoms with Gasteiger partial charge in [-0.15, -0.1) is 6.42 Å². The summed E-state index contributed by atoms with van der Waals surface area (Å²) >= 11 is 0. The van der Waals surface area contributed by atoms with Crippen LogP contribution < -0.4 is 0 Å². The van der Waals surface area contributed by atoms with Crippen molar-refractivity contribution in [3.63, 3.8) is 0 Å². The van der Waals surface area contributed by atoms with Crippen molar-refractivity contribution >= 4 is 17.8 Å². The topological polar surface area (TPSA) is 72.9 Å². The van der Waals surface area contributed by atoms with Gasteiger partial charge in [0.2, 0.25) is 5.78 Å². The third-order valence-corrected chi connectivity index (χ3v) is 13.0. The molecule has 0 aromatic carbocycles. The van der Waals surface area contributed by atoms with Crippen molar-refractivity contribution in [1.82, 2.24) is 4.90 Å². The second-order valence-electron chi connectivity index (χ2n) is 15.5. The molecule has 44 heavy (non-hydrogen) atoms. The summed E-state index contributed by atoms with van der Waals surface area (Å²) < 4.78 is 11.2. The SMILES string of the molecule is C#CCOC(=O)[C@]1(C)CC[C@]2(C)CC[C@]3(C)C4=CC=C5C(=CC(=O)C(OC(=O)N(C)CCCC)=C5C)[C@]4(C)CC[C@@]3(C)[C@@H]2C1. The zero-order valence-electron chi connectivity index (χ0n) is 28.2. The third kappa shape index (κ3) is 4.72. The van der Waals surface area contributed by atoms with E-state index in [0.717, 1.165) is 74.5 Å². The number of ether oxygens (including phenoxy) is 2. The summed E-state index contributed by atoms with van der Waals surface area (Å²) in [6.45, 7) is 16.3. The van der Waals surface area contributed by atoms with Gasteiger partial charge in [-0.2, -0.15) is 0 Å². The second kappa shape index (κ2) is 11.1. The van der Waals surface area contributed by atoms with Crippen LogP contribution in [0.15, 0.2) is 46.3 Å². The van der Waals surface area contributed by atoms with E-state index in [4.69, 9.17) is 15.9 Å². The summed E-state index contributed by atoms with van der Waals surface area (Å²) in [7, 11) is 1.71. The molecule has 6 nitrogen and oxygen atoms in total. The molecule has 0 aromatic rings. The largest absolute Gasteiger partial charge is 0.452 e. The van der Waals surface area contributed by atoms with E-state index in [-0.39, 0.29) is 45.8 Å².